The minimum Gasteiger partial charge on any atom is -0.349 e. The molecular weight excluding hydrogens is 266 g/mol. The minimum atomic E-state index is 0.638. The largest absolute Gasteiger partial charge is 0.349 e. The Morgan fingerprint density at radius 2 is 2.24 bits per heavy atom. The molecule has 7 heteroatoms. The molecule has 0 aliphatic rings. The molecule has 0 atom stereocenters. The van der Waals surface area contributed by atoms with Crippen molar-refractivity contribution in [1.29, 1.82) is 0 Å². The second kappa shape index (κ2) is 6.27. The molecule has 3 heterocycles. The molecule has 0 aliphatic heterocycles. The van der Waals surface area contributed by atoms with Gasteiger partial charge in [0.05, 0.1) is 0 Å². The Morgan fingerprint density at radius 1 is 1.29 bits per heavy atom. The third-order valence-corrected chi connectivity index (χ3v) is 3.23. The Morgan fingerprint density at radius 3 is 3.05 bits per heavy atom. The molecular formula is C14H17N7. The van der Waals surface area contributed by atoms with Crippen molar-refractivity contribution in [2.24, 2.45) is 5.73 Å². The van der Waals surface area contributed by atoms with Crippen molar-refractivity contribution in [1.82, 2.24) is 24.6 Å². The highest BCUT2D eigenvalue weighted by Crippen LogP contribution is 2.18. The van der Waals surface area contributed by atoms with Crippen molar-refractivity contribution in [2.45, 2.75) is 13.0 Å². The maximum atomic E-state index is 5.65. The van der Waals surface area contributed by atoms with Crippen LogP contribution in [-0.2, 0) is 6.54 Å². The number of nitrogens with two attached hydrogens (primary N) is 1. The summed E-state index contributed by atoms with van der Waals surface area (Å²) in [4.78, 5) is 10.8. The molecule has 108 valence electrons. The fourth-order valence-electron chi connectivity index (χ4n) is 2.22. The second-order valence-electron chi connectivity index (χ2n) is 4.74. The summed E-state index contributed by atoms with van der Waals surface area (Å²) in [6.07, 6.45) is 9.78. The number of hydrogen-bond donors (Lipinski definition) is 1. The summed E-state index contributed by atoms with van der Waals surface area (Å²) in [5.41, 5.74) is 7.52. The Balaban J connectivity index is 1.93. The molecule has 0 saturated heterocycles. The first-order valence-electron chi connectivity index (χ1n) is 6.87. The van der Waals surface area contributed by atoms with Crippen molar-refractivity contribution < 1.29 is 0 Å². The molecule has 0 amide bonds. The molecule has 2 N–H and O–H groups in total. The van der Waals surface area contributed by atoms with Gasteiger partial charge in [-0.05, 0) is 24.6 Å². The van der Waals surface area contributed by atoms with E-state index in [1.165, 1.54) is 0 Å². The van der Waals surface area contributed by atoms with Crippen LogP contribution in [0.5, 0.6) is 0 Å². The fraction of sp³-hybridized carbons (Fsp3) is 0.286. The molecule has 0 radical (unpaired) electrons. The van der Waals surface area contributed by atoms with Crippen LogP contribution < -0.4 is 10.6 Å². The van der Waals surface area contributed by atoms with Gasteiger partial charge in [-0.2, -0.15) is 0 Å². The summed E-state index contributed by atoms with van der Waals surface area (Å²) in [6.45, 7) is 2.16. The van der Waals surface area contributed by atoms with Crippen LogP contribution in [0, 0.1) is 0 Å². The summed E-state index contributed by atoms with van der Waals surface area (Å²) >= 11 is 0. The van der Waals surface area contributed by atoms with E-state index in [9.17, 15) is 0 Å². The average Bonchev–Trinajstić information content (AvgIpc) is 3.01. The van der Waals surface area contributed by atoms with E-state index in [0.29, 0.717) is 13.1 Å². The van der Waals surface area contributed by atoms with Gasteiger partial charge in [0, 0.05) is 37.9 Å². The van der Waals surface area contributed by atoms with Gasteiger partial charge in [0.2, 0.25) is 5.65 Å². The summed E-state index contributed by atoms with van der Waals surface area (Å²) < 4.78 is 1.86. The summed E-state index contributed by atoms with van der Waals surface area (Å²) in [7, 11) is 0. The molecule has 7 nitrogen and oxygen atoms in total. The van der Waals surface area contributed by atoms with Gasteiger partial charge in [0.1, 0.15) is 6.33 Å². The van der Waals surface area contributed by atoms with Gasteiger partial charge in [-0.3, -0.25) is 9.38 Å². The lowest BCUT2D eigenvalue weighted by Crippen LogP contribution is -2.27. The van der Waals surface area contributed by atoms with Gasteiger partial charge >= 0.3 is 0 Å². The lowest BCUT2D eigenvalue weighted by atomic mass is 10.2. The number of fused-ring (bicyclic) bond motifs is 1. The first-order valence-corrected chi connectivity index (χ1v) is 6.87. The number of hydrogen-bond acceptors (Lipinski definition) is 6. The molecule has 0 bridgehead atoms. The Kier molecular flexibility index (Phi) is 4.02. The van der Waals surface area contributed by atoms with Gasteiger partial charge in [-0.1, -0.05) is 6.07 Å². The third-order valence-electron chi connectivity index (χ3n) is 3.23. The van der Waals surface area contributed by atoms with Crippen molar-refractivity contribution in [2.75, 3.05) is 18.0 Å². The van der Waals surface area contributed by atoms with E-state index < -0.39 is 0 Å². The van der Waals surface area contributed by atoms with E-state index in [2.05, 4.69) is 25.1 Å². The molecule has 0 saturated carbocycles. The van der Waals surface area contributed by atoms with E-state index >= 15 is 0 Å². The molecule has 21 heavy (non-hydrogen) atoms. The molecule has 0 unspecified atom stereocenters. The van der Waals surface area contributed by atoms with Crippen LogP contribution >= 0.6 is 0 Å². The highest BCUT2D eigenvalue weighted by Gasteiger charge is 2.14. The maximum absolute atomic E-state index is 5.65. The topological polar surface area (TPSA) is 85.2 Å². The van der Waals surface area contributed by atoms with Crippen molar-refractivity contribution in [3.63, 3.8) is 0 Å². The maximum Gasteiger partial charge on any atom is 0.203 e. The smallest absolute Gasteiger partial charge is 0.203 e. The van der Waals surface area contributed by atoms with Crippen molar-refractivity contribution in [3.05, 3.63) is 48.8 Å². The predicted octanol–water partition coefficient (Wildman–Crippen LogP) is 0.875. The normalized spacial score (nSPS) is 10.9. The standard InChI is InChI=1S/C14H17N7/c15-4-2-7-20(10-12-3-1-5-16-9-12)13-14-19-18-11-21(14)8-6-17-13/h1,3,5-6,8-9,11H,2,4,7,10,15H2. The zero-order chi connectivity index (χ0) is 14.5. The van der Waals surface area contributed by atoms with Crippen molar-refractivity contribution in [3.8, 4) is 0 Å². The first kappa shape index (κ1) is 13.4. The third kappa shape index (κ3) is 2.97. The van der Waals surface area contributed by atoms with E-state index in [-0.39, 0.29) is 0 Å². The second-order valence-corrected chi connectivity index (χ2v) is 4.74. The van der Waals surface area contributed by atoms with E-state index in [4.69, 9.17) is 5.73 Å². The quantitative estimate of drug-likeness (QED) is 0.722. The number of pyridine rings is 1. The van der Waals surface area contributed by atoms with E-state index in [1.807, 2.05) is 28.9 Å². The monoisotopic (exact) mass is 283 g/mol. The van der Waals surface area contributed by atoms with Gasteiger partial charge in [0.15, 0.2) is 5.82 Å². The molecule has 3 aromatic heterocycles. The molecule has 0 aromatic carbocycles. The number of rotatable bonds is 6. The number of anilines is 1. The van der Waals surface area contributed by atoms with Crippen LogP contribution in [0.3, 0.4) is 0 Å². The van der Waals surface area contributed by atoms with Gasteiger partial charge in [-0.25, -0.2) is 4.98 Å². The number of aromatic nitrogens is 5. The van der Waals surface area contributed by atoms with Gasteiger partial charge in [0.25, 0.3) is 0 Å². The van der Waals surface area contributed by atoms with Crippen LogP contribution in [0.25, 0.3) is 5.65 Å². The zero-order valence-electron chi connectivity index (χ0n) is 11.6. The highest BCUT2D eigenvalue weighted by molar-refractivity contribution is 5.63. The zero-order valence-corrected chi connectivity index (χ0v) is 11.6. The predicted molar refractivity (Wildman–Crippen MR) is 79.7 cm³/mol. The van der Waals surface area contributed by atoms with Crippen LogP contribution in [0.15, 0.2) is 43.2 Å². The lowest BCUT2D eigenvalue weighted by Gasteiger charge is -2.23. The molecule has 3 aromatic rings. The first-order chi connectivity index (χ1) is 10.4. The Hall–Kier alpha value is -2.54. The summed E-state index contributed by atoms with van der Waals surface area (Å²) in [5.74, 6) is 0.812. The molecule has 0 aliphatic carbocycles. The van der Waals surface area contributed by atoms with Crippen LogP contribution in [0.1, 0.15) is 12.0 Å². The molecule has 3 rings (SSSR count). The lowest BCUT2D eigenvalue weighted by molar-refractivity contribution is 0.724. The SMILES string of the molecule is NCCCN(Cc1cccnc1)c1nccn2cnnc12. The summed E-state index contributed by atoms with van der Waals surface area (Å²) in [5, 5.41) is 8.09. The van der Waals surface area contributed by atoms with Crippen LogP contribution in [0.2, 0.25) is 0 Å². The highest BCUT2D eigenvalue weighted by atomic mass is 15.3. The van der Waals surface area contributed by atoms with E-state index in [0.717, 1.165) is 30.0 Å². The average molecular weight is 283 g/mol. The molecule has 0 fully saturated rings. The van der Waals surface area contributed by atoms with Crippen LogP contribution in [-0.4, -0.2) is 37.7 Å². The Bertz CT molecular complexity index is 695. The van der Waals surface area contributed by atoms with Gasteiger partial charge < -0.3 is 10.6 Å². The minimum absolute atomic E-state index is 0.638. The van der Waals surface area contributed by atoms with Crippen molar-refractivity contribution >= 4 is 11.5 Å². The molecule has 0 spiro atoms. The van der Waals surface area contributed by atoms with Gasteiger partial charge in [-0.15, -0.1) is 10.2 Å². The van der Waals surface area contributed by atoms with E-state index in [1.54, 1.807) is 18.7 Å². The summed E-state index contributed by atoms with van der Waals surface area (Å²) in [6, 6.07) is 3.98. The number of nitrogens with zero attached hydrogens (tertiary/aromatic N) is 6. The Labute approximate surface area is 122 Å². The van der Waals surface area contributed by atoms with Crippen LogP contribution in [0.4, 0.5) is 5.82 Å². The fourth-order valence-corrected chi connectivity index (χ4v) is 2.22.